The van der Waals surface area contributed by atoms with Crippen LogP contribution in [-0.2, 0) is 13.1 Å². The molecule has 1 aromatic heterocycles. The summed E-state index contributed by atoms with van der Waals surface area (Å²) in [4.78, 5) is 7.23. The van der Waals surface area contributed by atoms with E-state index in [9.17, 15) is 0 Å². The van der Waals surface area contributed by atoms with Crippen molar-refractivity contribution in [2.45, 2.75) is 32.0 Å². The van der Waals surface area contributed by atoms with E-state index in [2.05, 4.69) is 88.0 Å². The van der Waals surface area contributed by atoms with Gasteiger partial charge in [0.1, 0.15) is 5.82 Å². The van der Waals surface area contributed by atoms with Crippen LogP contribution in [0.1, 0.15) is 35.6 Å². The number of hydrogen-bond donors (Lipinski definition) is 1. The van der Waals surface area contributed by atoms with Crippen LogP contribution >= 0.6 is 0 Å². The molecule has 1 fully saturated rings. The van der Waals surface area contributed by atoms with Gasteiger partial charge in [0.25, 0.3) is 0 Å². The molecule has 26 heavy (non-hydrogen) atoms. The average Bonchev–Trinajstić information content (AvgIpc) is 3.16. The fraction of sp³-hybridized carbons (Fsp3) is 0.261. The number of benzene rings is 2. The zero-order valence-corrected chi connectivity index (χ0v) is 15.0. The number of pyridine rings is 1. The molecule has 1 atom stereocenters. The Kier molecular flexibility index (Phi) is 5.27. The molecule has 1 saturated heterocycles. The number of nitrogens with one attached hydrogen (secondary N) is 1. The lowest BCUT2D eigenvalue weighted by Crippen LogP contribution is -2.23. The molecule has 0 radical (unpaired) electrons. The number of rotatable bonds is 6. The highest BCUT2D eigenvalue weighted by molar-refractivity contribution is 5.46. The minimum atomic E-state index is 0.433. The molecule has 2 aromatic carbocycles. The molecule has 0 spiro atoms. The summed E-state index contributed by atoms with van der Waals surface area (Å²) in [6, 6.07) is 26.0. The van der Waals surface area contributed by atoms with E-state index < -0.39 is 0 Å². The first-order valence-corrected chi connectivity index (χ1v) is 9.41. The van der Waals surface area contributed by atoms with E-state index >= 15 is 0 Å². The molecule has 3 heteroatoms. The summed E-state index contributed by atoms with van der Waals surface area (Å²) in [5.74, 6) is 1.02. The van der Waals surface area contributed by atoms with Gasteiger partial charge in [0, 0.05) is 30.9 Å². The second-order valence-electron chi connectivity index (χ2n) is 6.89. The van der Waals surface area contributed by atoms with Crippen LogP contribution in [0.5, 0.6) is 0 Å². The summed E-state index contributed by atoms with van der Waals surface area (Å²) in [6.07, 6.45) is 4.32. The van der Waals surface area contributed by atoms with E-state index in [-0.39, 0.29) is 0 Å². The van der Waals surface area contributed by atoms with Gasteiger partial charge in [-0.1, -0.05) is 66.7 Å². The van der Waals surface area contributed by atoms with Crippen LogP contribution in [0.2, 0.25) is 0 Å². The van der Waals surface area contributed by atoms with Gasteiger partial charge < -0.3 is 5.32 Å². The fourth-order valence-corrected chi connectivity index (χ4v) is 3.80. The smallest absolute Gasteiger partial charge is 0.130 e. The maximum absolute atomic E-state index is 4.64. The van der Waals surface area contributed by atoms with Gasteiger partial charge >= 0.3 is 0 Å². The SMILES string of the molecule is c1ccc(CNc2ncccc2C2CCCN2Cc2ccccc2)cc1. The lowest BCUT2D eigenvalue weighted by Gasteiger charge is -2.26. The van der Waals surface area contributed by atoms with Crippen molar-refractivity contribution in [2.24, 2.45) is 0 Å². The van der Waals surface area contributed by atoms with Crippen molar-refractivity contribution in [3.05, 3.63) is 95.7 Å². The Balaban J connectivity index is 1.51. The number of hydrogen-bond acceptors (Lipinski definition) is 3. The van der Waals surface area contributed by atoms with Gasteiger partial charge in [-0.25, -0.2) is 4.98 Å². The van der Waals surface area contributed by atoms with Crippen LogP contribution in [0, 0.1) is 0 Å². The minimum absolute atomic E-state index is 0.433. The Hall–Kier alpha value is -2.65. The van der Waals surface area contributed by atoms with E-state index in [4.69, 9.17) is 0 Å². The molecular formula is C23H25N3. The first-order chi connectivity index (χ1) is 12.9. The van der Waals surface area contributed by atoms with Gasteiger partial charge in [-0.2, -0.15) is 0 Å². The highest BCUT2D eigenvalue weighted by atomic mass is 15.2. The second kappa shape index (κ2) is 8.15. The Labute approximate surface area is 155 Å². The monoisotopic (exact) mass is 343 g/mol. The van der Waals surface area contributed by atoms with Crippen molar-refractivity contribution < 1.29 is 0 Å². The molecule has 132 valence electrons. The Morgan fingerprint density at radius 3 is 2.38 bits per heavy atom. The van der Waals surface area contributed by atoms with E-state index in [0.717, 1.165) is 25.5 Å². The Morgan fingerprint density at radius 2 is 1.62 bits per heavy atom. The van der Waals surface area contributed by atoms with Crippen LogP contribution in [-0.4, -0.2) is 16.4 Å². The first kappa shape index (κ1) is 16.8. The van der Waals surface area contributed by atoms with E-state index in [1.807, 2.05) is 6.20 Å². The highest BCUT2D eigenvalue weighted by Gasteiger charge is 2.28. The summed E-state index contributed by atoms with van der Waals surface area (Å²) in [5.41, 5.74) is 3.97. The summed E-state index contributed by atoms with van der Waals surface area (Å²) in [5, 5.41) is 3.55. The van der Waals surface area contributed by atoms with Crippen molar-refractivity contribution in [2.75, 3.05) is 11.9 Å². The van der Waals surface area contributed by atoms with Gasteiger partial charge in [0.15, 0.2) is 0 Å². The number of likely N-dealkylation sites (tertiary alicyclic amines) is 1. The maximum atomic E-state index is 4.64. The number of nitrogens with zero attached hydrogens (tertiary/aromatic N) is 2. The van der Waals surface area contributed by atoms with Crippen LogP contribution in [0.15, 0.2) is 79.0 Å². The van der Waals surface area contributed by atoms with Gasteiger partial charge in [-0.15, -0.1) is 0 Å². The van der Waals surface area contributed by atoms with Gasteiger partial charge in [0.2, 0.25) is 0 Å². The van der Waals surface area contributed by atoms with E-state index in [1.165, 1.54) is 29.5 Å². The molecule has 3 aromatic rings. The zero-order chi connectivity index (χ0) is 17.6. The molecule has 0 amide bonds. The third kappa shape index (κ3) is 3.94. The summed E-state index contributed by atoms with van der Waals surface area (Å²) in [6.45, 7) is 2.95. The predicted octanol–water partition coefficient (Wildman–Crippen LogP) is 5.03. The lowest BCUT2D eigenvalue weighted by molar-refractivity contribution is 0.248. The van der Waals surface area contributed by atoms with Crippen molar-refractivity contribution in [1.29, 1.82) is 0 Å². The lowest BCUT2D eigenvalue weighted by atomic mass is 10.0. The molecule has 1 N–H and O–H groups in total. The van der Waals surface area contributed by atoms with Crippen LogP contribution in [0.3, 0.4) is 0 Å². The Bertz CT molecular complexity index is 817. The molecular weight excluding hydrogens is 318 g/mol. The molecule has 0 aliphatic carbocycles. The third-order valence-corrected chi connectivity index (χ3v) is 5.09. The molecule has 1 aliphatic heterocycles. The molecule has 1 aliphatic rings. The Morgan fingerprint density at radius 1 is 0.885 bits per heavy atom. The molecule has 2 heterocycles. The second-order valence-corrected chi connectivity index (χ2v) is 6.89. The van der Waals surface area contributed by atoms with Crippen molar-refractivity contribution >= 4 is 5.82 Å². The summed E-state index contributed by atoms with van der Waals surface area (Å²) in [7, 11) is 0. The van der Waals surface area contributed by atoms with Crippen LogP contribution in [0.25, 0.3) is 0 Å². The van der Waals surface area contributed by atoms with Crippen LogP contribution < -0.4 is 5.32 Å². The third-order valence-electron chi connectivity index (χ3n) is 5.09. The van der Waals surface area contributed by atoms with E-state index in [0.29, 0.717) is 6.04 Å². The minimum Gasteiger partial charge on any atom is -0.366 e. The van der Waals surface area contributed by atoms with Gasteiger partial charge in [-0.3, -0.25) is 4.90 Å². The van der Waals surface area contributed by atoms with Gasteiger partial charge in [0.05, 0.1) is 0 Å². The molecule has 0 saturated carbocycles. The highest BCUT2D eigenvalue weighted by Crippen LogP contribution is 2.36. The average molecular weight is 343 g/mol. The van der Waals surface area contributed by atoms with Crippen LogP contribution in [0.4, 0.5) is 5.82 Å². The van der Waals surface area contributed by atoms with E-state index in [1.54, 1.807) is 0 Å². The maximum Gasteiger partial charge on any atom is 0.130 e. The van der Waals surface area contributed by atoms with Crippen molar-refractivity contribution in [3.63, 3.8) is 0 Å². The normalized spacial score (nSPS) is 17.3. The molecule has 4 rings (SSSR count). The van der Waals surface area contributed by atoms with Crippen molar-refractivity contribution in [1.82, 2.24) is 9.88 Å². The molecule has 3 nitrogen and oxygen atoms in total. The summed E-state index contributed by atoms with van der Waals surface area (Å²) < 4.78 is 0. The quantitative estimate of drug-likeness (QED) is 0.680. The molecule has 0 bridgehead atoms. The summed E-state index contributed by atoms with van der Waals surface area (Å²) >= 11 is 0. The zero-order valence-electron chi connectivity index (χ0n) is 15.0. The standard InChI is InChI=1S/C23H25N3/c1-3-9-19(10-4-1)17-25-23-21(13-7-15-24-23)22-14-8-16-26(22)18-20-11-5-2-6-12-20/h1-7,9-13,15,22H,8,14,16-18H2,(H,24,25). The predicted molar refractivity (Wildman–Crippen MR) is 107 cm³/mol. The molecule has 1 unspecified atom stereocenters. The fourth-order valence-electron chi connectivity index (χ4n) is 3.80. The largest absolute Gasteiger partial charge is 0.366 e. The first-order valence-electron chi connectivity index (χ1n) is 9.41. The number of aromatic nitrogens is 1. The van der Waals surface area contributed by atoms with Gasteiger partial charge in [-0.05, 0) is 36.6 Å². The topological polar surface area (TPSA) is 28.2 Å². The number of anilines is 1. The van der Waals surface area contributed by atoms with Crippen molar-refractivity contribution in [3.8, 4) is 0 Å².